The number of urea groups is 1. The first-order chi connectivity index (χ1) is 10.2. The number of carbonyl (C=O) groups is 1. The Kier molecular flexibility index (Phi) is 4.82. The normalized spacial score (nSPS) is 10.3. The van der Waals surface area contributed by atoms with Crippen LogP contribution >= 0.6 is 0 Å². The van der Waals surface area contributed by atoms with E-state index in [0.717, 1.165) is 11.3 Å². The average Bonchev–Trinajstić information content (AvgIpc) is 2.47. The van der Waals surface area contributed by atoms with E-state index in [2.05, 4.69) is 10.6 Å². The summed E-state index contributed by atoms with van der Waals surface area (Å²) in [6, 6.07) is 13.4. The van der Waals surface area contributed by atoms with Crippen molar-refractivity contribution < 1.29 is 14.6 Å². The highest BCUT2D eigenvalue weighted by molar-refractivity contribution is 5.90. The van der Waals surface area contributed by atoms with Crippen LogP contribution in [0.25, 0.3) is 6.08 Å². The van der Waals surface area contributed by atoms with Gasteiger partial charge in [-0.2, -0.15) is 0 Å². The molecule has 0 heterocycles. The third kappa shape index (κ3) is 4.28. The Bertz CT molecular complexity index is 653. The van der Waals surface area contributed by atoms with Crippen molar-refractivity contribution in [2.24, 2.45) is 0 Å². The zero-order chi connectivity index (χ0) is 15.1. The summed E-state index contributed by atoms with van der Waals surface area (Å²) in [4.78, 5) is 11.7. The first-order valence-corrected chi connectivity index (χ1v) is 6.35. The first kappa shape index (κ1) is 14.5. The van der Waals surface area contributed by atoms with Crippen molar-refractivity contribution in [3.63, 3.8) is 0 Å². The number of hydrogen-bond acceptors (Lipinski definition) is 3. The molecule has 0 aromatic heterocycles. The van der Waals surface area contributed by atoms with Crippen LogP contribution in [0.5, 0.6) is 11.5 Å². The SMILES string of the molecule is COc1ccccc1/C=C/NC(=O)Nc1cccc(O)c1. The fraction of sp³-hybridized carbons (Fsp3) is 0.0625. The number of phenolic OH excluding ortho intramolecular Hbond substituents is 1. The van der Waals surface area contributed by atoms with E-state index >= 15 is 0 Å². The third-order valence-corrected chi connectivity index (χ3v) is 2.72. The molecular formula is C16H16N2O3. The number of anilines is 1. The van der Waals surface area contributed by atoms with Gasteiger partial charge in [0.05, 0.1) is 7.11 Å². The van der Waals surface area contributed by atoms with Gasteiger partial charge in [-0.05, 0) is 24.3 Å². The molecule has 0 saturated carbocycles. The molecule has 0 saturated heterocycles. The maximum atomic E-state index is 11.7. The summed E-state index contributed by atoms with van der Waals surface area (Å²) in [5.41, 5.74) is 1.37. The van der Waals surface area contributed by atoms with Crippen molar-refractivity contribution >= 4 is 17.8 Å². The largest absolute Gasteiger partial charge is 0.508 e. The van der Waals surface area contributed by atoms with Gasteiger partial charge in [0.25, 0.3) is 0 Å². The maximum Gasteiger partial charge on any atom is 0.323 e. The number of benzene rings is 2. The van der Waals surface area contributed by atoms with Gasteiger partial charge in [-0.1, -0.05) is 24.3 Å². The summed E-state index contributed by atoms with van der Waals surface area (Å²) in [5.74, 6) is 0.821. The smallest absolute Gasteiger partial charge is 0.323 e. The highest BCUT2D eigenvalue weighted by atomic mass is 16.5. The van der Waals surface area contributed by atoms with E-state index in [1.165, 1.54) is 18.3 Å². The fourth-order valence-corrected chi connectivity index (χ4v) is 1.76. The first-order valence-electron chi connectivity index (χ1n) is 6.35. The van der Waals surface area contributed by atoms with Crippen molar-refractivity contribution in [3.05, 3.63) is 60.3 Å². The minimum absolute atomic E-state index is 0.0948. The number of aromatic hydroxyl groups is 1. The highest BCUT2D eigenvalue weighted by Crippen LogP contribution is 2.18. The van der Waals surface area contributed by atoms with Crippen LogP contribution in [-0.2, 0) is 0 Å². The van der Waals surface area contributed by atoms with E-state index in [9.17, 15) is 9.90 Å². The van der Waals surface area contributed by atoms with E-state index in [1.54, 1.807) is 25.3 Å². The lowest BCUT2D eigenvalue weighted by molar-refractivity contribution is 0.255. The zero-order valence-corrected chi connectivity index (χ0v) is 11.5. The molecule has 0 aliphatic rings. The number of para-hydroxylation sites is 1. The van der Waals surface area contributed by atoms with Crippen LogP contribution in [0, 0.1) is 0 Å². The summed E-state index contributed by atoms with van der Waals surface area (Å²) < 4.78 is 5.20. The molecule has 0 radical (unpaired) electrons. The van der Waals surface area contributed by atoms with E-state index in [1.807, 2.05) is 24.3 Å². The molecule has 2 aromatic carbocycles. The van der Waals surface area contributed by atoms with Crippen molar-refractivity contribution in [1.82, 2.24) is 5.32 Å². The fourth-order valence-electron chi connectivity index (χ4n) is 1.76. The van der Waals surface area contributed by atoms with Gasteiger partial charge in [0.15, 0.2) is 0 Å². The molecule has 0 unspecified atom stereocenters. The molecule has 0 atom stereocenters. The van der Waals surface area contributed by atoms with Gasteiger partial charge in [0.1, 0.15) is 11.5 Å². The Morgan fingerprint density at radius 1 is 1.19 bits per heavy atom. The van der Waals surface area contributed by atoms with Crippen molar-refractivity contribution in [2.45, 2.75) is 0 Å². The Hall–Kier alpha value is -2.95. The van der Waals surface area contributed by atoms with Gasteiger partial charge >= 0.3 is 6.03 Å². The van der Waals surface area contributed by atoms with Crippen LogP contribution in [0.2, 0.25) is 0 Å². The Balaban J connectivity index is 1.93. The van der Waals surface area contributed by atoms with Crippen LogP contribution < -0.4 is 15.4 Å². The van der Waals surface area contributed by atoms with Crippen molar-refractivity contribution in [1.29, 1.82) is 0 Å². The number of rotatable bonds is 4. The monoisotopic (exact) mass is 284 g/mol. The molecular weight excluding hydrogens is 268 g/mol. The molecule has 0 spiro atoms. The maximum absolute atomic E-state index is 11.7. The van der Waals surface area contributed by atoms with Gasteiger partial charge < -0.3 is 20.5 Å². The average molecular weight is 284 g/mol. The number of phenols is 1. The second-order valence-electron chi connectivity index (χ2n) is 4.22. The molecule has 0 bridgehead atoms. The Morgan fingerprint density at radius 3 is 2.76 bits per heavy atom. The second kappa shape index (κ2) is 7.00. The lowest BCUT2D eigenvalue weighted by Crippen LogP contribution is -2.23. The summed E-state index contributed by atoms with van der Waals surface area (Å²) in [6.07, 6.45) is 3.26. The minimum atomic E-state index is -0.397. The van der Waals surface area contributed by atoms with E-state index in [4.69, 9.17) is 4.74 Å². The number of nitrogens with one attached hydrogen (secondary N) is 2. The lowest BCUT2D eigenvalue weighted by atomic mass is 10.2. The second-order valence-corrected chi connectivity index (χ2v) is 4.22. The summed E-state index contributed by atoms with van der Waals surface area (Å²) in [6.45, 7) is 0. The minimum Gasteiger partial charge on any atom is -0.508 e. The molecule has 2 aromatic rings. The predicted octanol–water partition coefficient (Wildman–Crippen LogP) is 3.19. The van der Waals surface area contributed by atoms with Gasteiger partial charge in [-0.25, -0.2) is 4.79 Å². The summed E-state index contributed by atoms with van der Waals surface area (Å²) in [7, 11) is 1.59. The Labute approximate surface area is 122 Å². The predicted molar refractivity (Wildman–Crippen MR) is 82.3 cm³/mol. The number of carbonyl (C=O) groups excluding carboxylic acids is 1. The number of amides is 2. The molecule has 0 aliphatic carbocycles. The topological polar surface area (TPSA) is 70.6 Å². The van der Waals surface area contributed by atoms with Crippen LogP contribution in [0.4, 0.5) is 10.5 Å². The van der Waals surface area contributed by atoms with E-state index in [0.29, 0.717) is 5.69 Å². The number of hydrogen-bond donors (Lipinski definition) is 3. The van der Waals surface area contributed by atoms with Crippen molar-refractivity contribution in [2.75, 3.05) is 12.4 Å². The number of ether oxygens (including phenoxy) is 1. The van der Waals surface area contributed by atoms with E-state index in [-0.39, 0.29) is 5.75 Å². The highest BCUT2D eigenvalue weighted by Gasteiger charge is 2.00. The molecule has 3 N–H and O–H groups in total. The Morgan fingerprint density at radius 2 is 2.00 bits per heavy atom. The molecule has 21 heavy (non-hydrogen) atoms. The quantitative estimate of drug-likeness (QED) is 0.807. The molecule has 0 aliphatic heterocycles. The molecule has 0 fully saturated rings. The lowest BCUT2D eigenvalue weighted by Gasteiger charge is -2.05. The van der Waals surface area contributed by atoms with Crippen molar-refractivity contribution in [3.8, 4) is 11.5 Å². The zero-order valence-electron chi connectivity index (χ0n) is 11.5. The van der Waals surface area contributed by atoms with Crippen LogP contribution in [0.15, 0.2) is 54.7 Å². The van der Waals surface area contributed by atoms with Gasteiger partial charge in [0.2, 0.25) is 0 Å². The van der Waals surface area contributed by atoms with Crippen LogP contribution in [0.3, 0.4) is 0 Å². The van der Waals surface area contributed by atoms with Gasteiger partial charge in [0, 0.05) is 23.5 Å². The summed E-state index contributed by atoms with van der Waals surface area (Å²) in [5, 5.41) is 14.5. The standard InChI is InChI=1S/C16H16N2O3/c1-21-15-8-3-2-5-12(15)9-10-17-16(20)18-13-6-4-7-14(19)11-13/h2-11,19H,1H3,(H2,17,18,20)/b10-9+. The molecule has 2 amide bonds. The number of methoxy groups -OCH3 is 1. The molecule has 2 rings (SSSR count). The van der Waals surface area contributed by atoms with Crippen LogP contribution in [0.1, 0.15) is 5.56 Å². The van der Waals surface area contributed by atoms with Gasteiger partial charge in [-0.3, -0.25) is 0 Å². The molecule has 108 valence electrons. The molecule has 5 heteroatoms. The third-order valence-electron chi connectivity index (χ3n) is 2.72. The van der Waals surface area contributed by atoms with Crippen LogP contribution in [-0.4, -0.2) is 18.2 Å². The van der Waals surface area contributed by atoms with E-state index < -0.39 is 6.03 Å². The molecule has 5 nitrogen and oxygen atoms in total. The van der Waals surface area contributed by atoms with Gasteiger partial charge in [-0.15, -0.1) is 0 Å². The summed E-state index contributed by atoms with van der Waals surface area (Å²) >= 11 is 0.